The average molecular weight is 272 g/mol. The van der Waals surface area contributed by atoms with E-state index in [9.17, 15) is 0 Å². The molecule has 1 aromatic carbocycles. The van der Waals surface area contributed by atoms with Crippen molar-refractivity contribution in [1.29, 1.82) is 0 Å². The van der Waals surface area contributed by atoms with Gasteiger partial charge in [0.05, 0.1) is 19.8 Å². The summed E-state index contributed by atoms with van der Waals surface area (Å²) in [5.74, 6) is 0.699. The first-order valence-electron chi connectivity index (χ1n) is 6.13. The van der Waals surface area contributed by atoms with E-state index in [4.69, 9.17) is 25.2 Å². The summed E-state index contributed by atoms with van der Waals surface area (Å²) in [6.45, 7) is 3.54. The van der Waals surface area contributed by atoms with E-state index in [0.717, 1.165) is 0 Å². The molecule has 0 amide bonds. The van der Waals surface area contributed by atoms with E-state index in [-0.39, 0.29) is 31.8 Å². The molecule has 0 bridgehead atoms. The van der Waals surface area contributed by atoms with Crippen LogP contribution < -0.4 is 4.74 Å². The fraction of sp³-hybridized carbons (Fsp3) is 0.571. The molecular formula is C14H24O5. The maximum atomic E-state index is 8.94. The van der Waals surface area contributed by atoms with E-state index < -0.39 is 6.10 Å². The van der Waals surface area contributed by atoms with Gasteiger partial charge in [-0.05, 0) is 12.1 Å². The molecule has 0 aromatic heterocycles. The average Bonchev–Trinajstić information content (AvgIpc) is 2.46. The van der Waals surface area contributed by atoms with Crippen LogP contribution in [-0.2, 0) is 0 Å². The van der Waals surface area contributed by atoms with Crippen molar-refractivity contribution in [2.75, 3.05) is 26.4 Å². The monoisotopic (exact) mass is 272 g/mol. The van der Waals surface area contributed by atoms with Gasteiger partial charge in [0.2, 0.25) is 0 Å². The Morgan fingerprint density at radius 1 is 1.05 bits per heavy atom. The van der Waals surface area contributed by atoms with Gasteiger partial charge in [0.25, 0.3) is 0 Å². The molecule has 1 atom stereocenters. The Morgan fingerprint density at radius 2 is 1.58 bits per heavy atom. The van der Waals surface area contributed by atoms with E-state index in [1.165, 1.54) is 0 Å². The SMILES string of the molecule is CC(C)(CO)CO.OCC(O)COc1ccccc1. The number of hydrogen-bond donors (Lipinski definition) is 4. The van der Waals surface area contributed by atoms with Gasteiger partial charge in [0, 0.05) is 5.41 Å². The summed E-state index contributed by atoms with van der Waals surface area (Å²) in [7, 11) is 0. The van der Waals surface area contributed by atoms with Gasteiger partial charge in [0.15, 0.2) is 0 Å². The highest BCUT2D eigenvalue weighted by Crippen LogP contribution is 2.10. The molecule has 5 heteroatoms. The van der Waals surface area contributed by atoms with Crippen LogP contribution in [-0.4, -0.2) is 53.0 Å². The fourth-order valence-corrected chi connectivity index (χ4v) is 0.812. The van der Waals surface area contributed by atoms with Crippen molar-refractivity contribution in [3.63, 3.8) is 0 Å². The van der Waals surface area contributed by atoms with Crippen LogP contribution in [0.4, 0.5) is 0 Å². The van der Waals surface area contributed by atoms with Crippen molar-refractivity contribution in [3.05, 3.63) is 30.3 Å². The third-order valence-electron chi connectivity index (χ3n) is 2.25. The van der Waals surface area contributed by atoms with E-state index in [1.54, 1.807) is 26.0 Å². The van der Waals surface area contributed by atoms with Crippen LogP contribution in [0.3, 0.4) is 0 Å². The first-order chi connectivity index (χ1) is 8.95. The zero-order valence-electron chi connectivity index (χ0n) is 11.5. The third kappa shape index (κ3) is 9.44. The molecule has 0 aliphatic rings. The Labute approximate surface area is 114 Å². The van der Waals surface area contributed by atoms with Gasteiger partial charge in [-0.15, -0.1) is 0 Å². The van der Waals surface area contributed by atoms with Crippen LogP contribution in [0.15, 0.2) is 30.3 Å². The zero-order chi connectivity index (χ0) is 14.7. The van der Waals surface area contributed by atoms with Crippen LogP contribution in [0.25, 0.3) is 0 Å². The number of ether oxygens (including phenoxy) is 1. The normalized spacial score (nSPS) is 12.3. The molecule has 0 aliphatic heterocycles. The first kappa shape index (κ1) is 17.9. The molecular weight excluding hydrogens is 248 g/mol. The van der Waals surface area contributed by atoms with Crippen LogP contribution in [0.1, 0.15) is 13.8 Å². The summed E-state index contributed by atoms with van der Waals surface area (Å²) in [4.78, 5) is 0. The lowest BCUT2D eigenvalue weighted by Crippen LogP contribution is -2.21. The molecule has 19 heavy (non-hydrogen) atoms. The summed E-state index contributed by atoms with van der Waals surface area (Å²) in [5.41, 5.74) is -0.306. The van der Waals surface area contributed by atoms with Crippen molar-refractivity contribution in [3.8, 4) is 5.75 Å². The number of hydrogen-bond acceptors (Lipinski definition) is 5. The van der Waals surface area contributed by atoms with Gasteiger partial charge >= 0.3 is 0 Å². The smallest absolute Gasteiger partial charge is 0.119 e. The largest absolute Gasteiger partial charge is 0.491 e. The summed E-state index contributed by atoms with van der Waals surface area (Å²) in [6, 6.07) is 9.17. The fourth-order valence-electron chi connectivity index (χ4n) is 0.812. The second-order valence-electron chi connectivity index (χ2n) is 4.94. The third-order valence-corrected chi connectivity index (χ3v) is 2.25. The Bertz CT molecular complexity index is 307. The van der Waals surface area contributed by atoms with E-state index in [0.29, 0.717) is 5.75 Å². The van der Waals surface area contributed by atoms with Crippen molar-refractivity contribution in [2.45, 2.75) is 20.0 Å². The maximum Gasteiger partial charge on any atom is 0.119 e. The van der Waals surface area contributed by atoms with Crippen molar-refractivity contribution in [2.24, 2.45) is 5.41 Å². The Balaban J connectivity index is 0.000000399. The number of benzene rings is 1. The van der Waals surface area contributed by atoms with Gasteiger partial charge < -0.3 is 25.2 Å². The minimum absolute atomic E-state index is 0.0451. The topological polar surface area (TPSA) is 90.2 Å². The molecule has 0 radical (unpaired) electrons. The minimum Gasteiger partial charge on any atom is -0.491 e. The number of para-hydroxylation sites is 1. The minimum atomic E-state index is -0.801. The van der Waals surface area contributed by atoms with Gasteiger partial charge in [-0.25, -0.2) is 0 Å². The molecule has 110 valence electrons. The van der Waals surface area contributed by atoms with E-state index >= 15 is 0 Å². The molecule has 5 nitrogen and oxygen atoms in total. The zero-order valence-corrected chi connectivity index (χ0v) is 11.5. The number of aliphatic hydroxyl groups excluding tert-OH is 4. The lowest BCUT2D eigenvalue weighted by Gasteiger charge is -2.16. The second-order valence-corrected chi connectivity index (χ2v) is 4.94. The molecule has 0 aliphatic carbocycles. The quantitative estimate of drug-likeness (QED) is 0.602. The molecule has 1 aromatic rings. The van der Waals surface area contributed by atoms with Crippen LogP contribution >= 0.6 is 0 Å². The van der Waals surface area contributed by atoms with Crippen molar-refractivity contribution < 1.29 is 25.2 Å². The highest BCUT2D eigenvalue weighted by Gasteiger charge is 2.13. The number of rotatable bonds is 6. The molecule has 0 saturated carbocycles. The van der Waals surface area contributed by atoms with Gasteiger partial charge in [-0.2, -0.15) is 0 Å². The Hall–Kier alpha value is -1.14. The molecule has 1 rings (SSSR count). The maximum absolute atomic E-state index is 8.94. The predicted molar refractivity (Wildman–Crippen MR) is 73.0 cm³/mol. The predicted octanol–water partition coefficient (Wildman–Crippen LogP) is 0.416. The Morgan fingerprint density at radius 3 is 1.95 bits per heavy atom. The molecule has 4 N–H and O–H groups in total. The summed E-state index contributed by atoms with van der Waals surface area (Å²) in [5, 5.41) is 34.3. The van der Waals surface area contributed by atoms with Gasteiger partial charge in [-0.3, -0.25) is 0 Å². The highest BCUT2D eigenvalue weighted by molar-refractivity contribution is 5.20. The second kappa shape index (κ2) is 9.75. The van der Waals surface area contributed by atoms with Crippen LogP contribution in [0.5, 0.6) is 5.75 Å². The van der Waals surface area contributed by atoms with E-state index in [2.05, 4.69) is 0 Å². The van der Waals surface area contributed by atoms with Crippen molar-refractivity contribution >= 4 is 0 Å². The molecule has 0 heterocycles. The molecule has 0 fully saturated rings. The lowest BCUT2D eigenvalue weighted by atomic mass is 9.97. The van der Waals surface area contributed by atoms with Gasteiger partial charge in [-0.1, -0.05) is 32.0 Å². The first-order valence-corrected chi connectivity index (χ1v) is 6.13. The summed E-state index contributed by atoms with van der Waals surface area (Å²) in [6.07, 6.45) is -0.801. The van der Waals surface area contributed by atoms with Crippen LogP contribution in [0.2, 0.25) is 0 Å². The summed E-state index contributed by atoms with van der Waals surface area (Å²) >= 11 is 0. The molecule has 0 spiro atoms. The highest BCUT2D eigenvalue weighted by atomic mass is 16.5. The molecule has 1 unspecified atom stereocenters. The van der Waals surface area contributed by atoms with Crippen molar-refractivity contribution in [1.82, 2.24) is 0 Å². The number of aliphatic hydroxyl groups is 4. The van der Waals surface area contributed by atoms with E-state index in [1.807, 2.05) is 18.2 Å². The van der Waals surface area contributed by atoms with Gasteiger partial charge in [0.1, 0.15) is 18.5 Å². The molecule has 0 saturated heterocycles. The Kier molecular flexibility index (Phi) is 9.16. The standard InChI is InChI=1S/C9H12O3.C5H12O2/c10-6-8(11)7-12-9-4-2-1-3-5-9;1-5(2,3-6)4-7/h1-5,8,10-11H,6-7H2;6-7H,3-4H2,1-2H3. The lowest BCUT2D eigenvalue weighted by molar-refractivity contribution is 0.0536. The van der Waals surface area contributed by atoms with Crippen LogP contribution in [0, 0.1) is 5.41 Å². The summed E-state index contributed by atoms with van der Waals surface area (Å²) < 4.78 is 5.15.